The summed E-state index contributed by atoms with van der Waals surface area (Å²) in [5.41, 5.74) is 5.43. The van der Waals surface area contributed by atoms with Gasteiger partial charge in [-0.05, 0) is 98.4 Å². The summed E-state index contributed by atoms with van der Waals surface area (Å²) in [5, 5.41) is 19.2. The van der Waals surface area contributed by atoms with Gasteiger partial charge in [0, 0.05) is 22.8 Å². The number of benzene rings is 1. The molecule has 1 aromatic rings. The Balaban J connectivity index is 1.63. The van der Waals surface area contributed by atoms with E-state index in [-0.39, 0.29) is 29.0 Å². The van der Waals surface area contributed by atoms with Crippen LogP contribution in [0, 0.1) is 0 Å². The fourth-order valence-corrected chi connectivity index (χ4v) is 5.62. The van der Waals surface area contributed by atoms with E-state index in [0.717, 1.165) is 47.2 Å². The molecule has 0 aromatic heterocycles. The van der Waals surface area contributed by atoms with E-state index in [4.69, 9.17) is 0 Å². The lowest BCUT2D eigenvalue weighted by atomic mass is 9.78. The molecule has 1 saturated carbocycles. The Labute approximate surface area is 211 Å². The number of carbonyl (C=O) groups is 1. The van der Waals surface area contributed by atoms with E-state index in [2.05, 4.69) is 36.7 Å². The van der Waals surface area contributed by atoms with E-state index in [0.29, 0.717) is 30.5 Å². The number of carbonyl (C=O) groups excluding carboxylic acids is 1. The van der Waals surface area contributed by atoms with Crippen molar-refractivity contribution in [1.29, 1.82) is 0 Å². The second-order valence-corrected chi connectivity index (χ2v) is 11.7. The van der Waals surface area contributed by atoms with Crippen LogP contribution in [0.5, 0.6) is 0 Å². The molecule has 0 radical (unpaired) electrons. The monoisotopic (exact) mass is 505 g/mol. The van der Waals surface area contributed by atoms with Crippen LogP contribution in [0.4, 0.5) is 18.9 Å². The number of hydrogen-bond donors (Lipinski definition) is 4. The Morgan fingerprint density at radius 2 is 1.89 bits per heavy atom. The van der Waals surface area contributed by atoms with Crippen LogP contribution in [-0.4, -0.2) is 48.0 Å². The fraction of sp³-hybridized carbons (Fsp3) is 0.607. The molecule has 4 N–H and O–H groups in total. The second-order valence-electron chi connectivity index (χ2n) is 11.7. The highest BCUT2D eigenvalue weighted by atomic mass is 19.4. The topological polar surface area (TPSA) is 73.4 Å². The predicted molar refractivity (Wildman–Crippen MR) is 137 cm³/mol. The Morgan fingerprint density at radius 1 is 1.17 bits per heavy atom. The molecule has 3 atom stereocenters. The van der Waals surface area contributed by atoms with Gasteiger partial charge in [-0.25, -0.2) is 0 Å². The minimum absolute atomic E-state index is 0.0163. The highest BCUT2D eigenvalue weighted by Crippen LogP contribution is 2.43. The maximum atomic E-state index is 13.4. The molecule has 0 bridgehead atoms. The number of aliphatic hydroxyl groups is 1. The van der Waals surface area contributed by atoms with E-state index in [1.807, 2.05) is 26.0 Å². The van der Waals surface area contributed by atoms with Crippen LogP contribution in [0.25, 0.3) is 5.57 Å². The van der Waals surface area contributed by atoms with Gasteiger partial charge in [0.1, 0.15) is 6.54 Å². The highest BCUT2D eigenvalue weighted by Gasteiger charge is 2.56. The largest absolute Gasteiger partial charge is 0.405 e. The molecule has 2 fully saturated rings. The van der Waals surface area contributed by atoms with Crippen molar-refractivity contribution >= 4 is 17.2 Å². The van der Waals surface area contributed by atoms with Gasteiger partial charge in [-0.1, -0.05) is 26.3 Å². The molecule has 3 aliphatic rings. The molecular formula is C28H38F3N3O2. The Morgan fingerprint density at radius 3 is 2.53 bits per heavy atom. The van der Waals surface area contributed by atoms with Gasteiger partial charge in [0.05, 0.1) is 6.10 Å². The van der Waals surface area contributed by atoms with Gasteiger partial charge in [0.2, 0.25) is 0 Å². The van der Waals surface area contributed by atoms with Crippen molar-refractivity contribution in [1.82, 2.24) is 10.6 Å². The number of allylic oxidation sites excluding steroid dienone is 2. The number of amides is 1. The van der Waals surface area contributed by atoms with Crippen molar-refractivity contribution in [2.75, 3.05) is 18.4 Å². The highest BCUT2D eigenvalue weighted by molar-refractivity contribution is 5.99. The average molecular weight is 506 g/mol. The summed E-state index contributed by atoms with van der Waals surface area (Å²) in [5.74, 6) is -0.138. The standard InChI is InChI=1S/C28H38F3N3O2/c1-16-6-7-20-21(11-18(32-15-28(29,30)31)12-23(20)26(3,4)5)17(2)10-22(16)25(36)34-24-14-27(24)13-19(35)8-9-33-27/h10-12,19,24,32-33,35H,6-9,13-15H2,1-5H3,(H,34,36)/b17-10-,22-16-/t19?,24-,27?/m0/s1. The summed E-state index contributed by atoms with van der Waals surface area (Å²) in [6, 6.07) is 3.60. The van der Waals surface area contributed by atoms with Crippen LogP contribution in [0.2, 0.25) is 0 Å². The number of fused-ring (bicyclic) bond motifs is 1. The summed E-state index contributed by atoms with van der Waals surface area (Å²) in [4.78, 5) is 13.4. The third kappa shape index (κ3) is 5.80. The first-order chi connectivity index (χ1) is 16.7. The summed E-state index contributed by atoms with van der Waals surface area (Å²) >= 11 is 0. The van der Waals surface area contributed by atoms with Gasteiger partial charge >= 0.3 is 6.18 Å². The minimum atomic E-state index is -4.31. The Bertz CT molecular complexity index is 1100. The van der Waals surface area contributed by atoms with Crippen molar-refractivity contribution in [2.45, 2.75) is 96.0 Å². The molecular weight excluding hydrogens is 467 g/mol. The molecule has 1 amide bonds. The van der Waals surface area contributed by atoms with Crippen molar-refractivity contribution < 1.29 is 23.1 Å². The van der Waals surface area contributed by atoms with Gasteiger partial charge < -0.3 is 21.1 Å². The number of alkyl halides is 3. The van der Waals surface area contributed by atoms with Gasteiger partial charge in [0.25, 0.3) is 5.91 Å². The minimum Gasteiger partial charge on any atom is -0.393 e. The van der Waals surface area contributed by atoms with Gasteiger partial charge in [0.15, 0.2) is 0 Å². The van der Waals surface area contributed by atoms with Gasteiger partial charge in [-0.15, -0.1) is 0 Å². The van der Waals surface area contributed by atoms with Crippen molar-refractivity contribution in [3.05, 3.63) is 46.0 Å². The molecule has 4 rings (SSSR count). The molecule has 2 unspecified atom stereocenters. The third-order valence-electron chi connectivity index (χ3n) is 7.73. The van der Waals surface area contributed by atoms with Crippen LogP contribution in [-0.2, 0) is 16.6 Å². The zero-order chi connectivity index (χ0) is 26.5. The predicted octanol–water partition coefficient (Wildman–Crippen LogP) is 5.00. The van der Waals surface area contributed by atoms with Gasteiger partial charge in [-0.3, -0.25) is 4.79 Å². The van der Waals surface area contributed by atoms with E-state index >= 15 is 0 Å². The van der Waals surface area contributed by atoms with E-state index in [1.165, 1.54) is 0 Å². The summed E-state index contributed by atoms with van der Waals surface area (Å²) in [6.45, 7) is 9.74. The second kappa shape index (κ2) is 9.53. The molecule has 198 valence electrons. The summed E-state index contributed by atoms with van der Waals surface area (Å²) in [6.07, 6.45) is 0.780. The molecule has 2 aliphatic carbocycles. The first kappa shape index (κ1) is 26.7. The SMILES string of the molecule is C/C1=C/C(C(=O)N[C@H]2CC23CC(O)CCN3)=C(\C)CCc2c1cc(NCC(F)(F)F)cc2C(C)(C)C. The van der Waals surface area contributed by atoms with Crippen LogP contribution in [0.15, 0.2) is 29.4 Å². The smallest absolute Gasteiger partial charge is 0.393 e. The van der Waals surface area contributed by atoms with Crippen LogP contribution < -0.4 is 16.0 Å². The molecule has 1 saturated heterocycles. The number of anilines is 1. The van der Waals surface area contributed by atoms with E-state index in [9.17, 15) is 23.1 Å². The molecule has 36 heavy (non-hydrogen) atoms. The molecule has 5 nitrogen and oxygen atoms in total. The number of nitrogens with one attached hydrogen (secondary N) is 3. The first-order valence-corrected chi connectivity index (χ1v) is 12.8. The summed E-state index contributed by atoms with van der Waals surface area (Å²) in [7, 11) is 0. The number of halogens is 3. The molecule has 1 spiro atoms. The average Bonchev–Trinajstić information content (AvgIpc) is 3.40. The number of piperidine rings is 1. The summed E-state index contributed by atoms with van der Waals surface area (Å²) < 4.78 is 38.7. The van der Waals surface area contributed by atoms with E-state index in [1.54, 1.807) is 6.07 Å². The van der Waals surface area contributed by atoms with Crippen molar-refractivity contribution in [3.8, 4) is 0 Å². The molecule has 1 heterocycles. The number of rotatable bonds is 4. The molecule has 8 heteroatoms. The zero-order valence-electron chi connectivity index (χ0n) is 21.8. The van der Waals surface area contributed by atoms with E-state index < -0.39 is 12.7 Å². The van der Waals surface area contributed by atoms with Crippen molar-refractivity contribution in [3.63, 3.8) is 0 Å². The fourth-order valence-electron chi connectivity index (χ4n) is 5.62. The van der Waals surface area contributed by atoms with Crippen LogP contribution >= 0.6 is 0 Å². The normalized spacial score (nSPS) is 30.1. The van der Waals surface area contributed by atoms with Gasteiger partial charge in [-0.2, -0.15) is 13.2 Å². The van der Waals surface area contributed by atoms with Crippen LogP contribution in [0.3, 0.4) is 0 Å². The first-order valence-electron chi connectivity index (χ1n) is 12.8. The van der Waals surface area contributed by atoms with Crippen LogP contribution in [0.1, 0.15) is 77.0 Å². The Hall–Kier alpha value is -2.32. The maximum absolute atomic E-state index is 13.4. The zero-order valence-corrected chi connectivity index (χ0v) is 21.8. The lowest BCUT2D eigenvalue weighted by Gasteiger charge is -2.29. The quantitative estimate of drug-likeness (QED) is 0.465. The van der Waals surface area contributed by atoms with Crippen molar-refractivity contribution in [2.24, 2.45) is 0 Å². The lowest BCUT2D eigenvalue weighted by Crippen LogP contribution is -2.48. The molecule has 1 aliphatic heterocycles. The number of aliphatic hydroxyl groups excluding tert-OH is 1. The molecule has 1 aromatic carbocycles. The number of hydrogen-bond acceptors (Lipinski definition) is 4. The maximum Gasteiger partial charge on any atom is 0.405 e. The third-order valence-corrected chi connectivity index (χ3v) is 7.73. The Kier molecular flexibility index (Phi) is 7.07. The lowest BCUT2D eigenvalue weighted by molar-refractivity contribution is -0.117.